The number of ether oxygens (including phenoxy) is 1. The van der Waals surface area contributed by atoms with Gasteiger partial charge in [0.1, 0.15) is 6.10 Å². The van der Waals surface area contributed by atoms with E-state index in [9.17, 15) is 18.0 Å². The van der Waals surface area contributed by atoms with Crippen LogP contribution >= 0.6 is 0 Å². The summed E-state index contributed by atoms with van der Waals surface area (Å²) < 4.78 is 42.9. The van der Waals surface area contributed by atoms with Crippen LogP contribution in [-0.4, -0.2) is 6.29 Å². The molecule has 1 aliphatic rings. The van der Waals surface area contributed by atoms with Crippen LogP contribution in [0.25, 0.3) is 11.1 Å². The Labute approximate surface area is 119 Å². The smallest absolute Gasteiger partial charge is 0.361 e. The van der Waals surface area contributed by atoms with Crippen LogP contribution in [0.15, 0.2) is 42.5 Å². The number of hydrogen-bond acceptors (Lipinski definition) is 2. The van der Waals surface area contributed by atoms with Crippen LogP contribution in [0.2, 0.25) is 0 Å². The van der Waals surface area contributed by atoms with Crippen molar-refractivity contribution in [3.8, 4) is 11.1 Å². The molecule has 2 aromatic carbocycles. The van der Waals surface area contributed by atoms with Crippen LogP contribution in [0.3, 0.4) is 0 Å². The Kier molecular flexibility index (Phi) is 3.29. The summed E-state index contributed by atoms with van der Waals surface area (Å²) in [6.45, 7) is 0.381. The zero-order chi connectivity index (χ0) is 15.0. The summed E-state index contributed by atoms with van der Waals surface area (Å²) in [5.74, 6) is 0. The predicted molar refractivity (Wildman–Crippen MR) is 70.5 cm³/mol. The van der Waals surface area contributed by atoms with Crippen molar-refractivity contribution in [2.75, 3.05) is 0 Å². The molecule has 0 saturated heterocycles. The van der Waals surface area contributed by atoms with Crippen LogP contribution in [-0.2, 0) is 22.3 Å². The molecule has 0 amide bonds. The monoisotopic (exact) mass is 292 g/mol. The second-order valence-electron chi connectivity index (χ2n) is 4.86. The maximum Gasteiger partial charge on any atom is 0.416 e. The fourth-order valence-corrected chi connectivity index (χ4v) is 2.40. The van der Waals surface area contributed by atoms with Crippen molar-refractivity contribution in [1.82, 2.24) is 0 Å². The molecule has 3 rings (SSSR count). The Balaban J connectivity index is 1.96. The normalized spacial score (nSPS) is 17.6. The molecular weight excluding hydrogens is 281 g/mol. The highest BCUT2D eigenvalue weighted by Gasteiger charge is 2.30. The molecule has 0 spiro atoms. The maximum atomic E-state index is 12.5. The van der Waals surface area contributed by atoms with E-state index in [-0.39, 0.29) is 0 Å². The molecule has 0 saturated carbocycles. The highest BCUT2D eigenvalue weighted by atomic mass is 19.4. The van der Waals surface area contributed by atoms with Gasteiger partial charge in [-0.1, -0.05) is 24.3 Å². The van der Waals surface area contributed by atoms with E-state index in [1.807, 2.05) is 12.1 Å². The topological polar surface area (TPSA) is 26.3 Å². The zero-order valence-electron chi connectivity index (χ0n) is 10.9. The molecule has 5 heteroatoms. The third-order valence-electron chi connectivity index (χ3n) is 3.54. The van der Waals surface area contributed by atoms with Gasteiger partial charge >= 0.3 is 6.18 Å². The Morgan fingerprint density at radius 3 is 2.33 bits per heavy atom. The fraction of sp³-hybridized carbons (Fsp3) is 0.188. The van der Waals surface area contributed by atoms with Crippen molar-refractivity contribution < 1.29 is 22.7 Å². The second-order valence-corrected chi connectivity index (χ2v) is 4.86. The molecule has 21 heavy (non-hydrogen) atoms. The minimum absolute atomic E-state index is 0.381. The molecule has 1 unspecified atom stereocenters. The van der Waals surface area contributed by atoms with Crippen LogP contribution in [0.5, 0.6) is 0 Å². The van der Waals surface area contributed by atoms with Crippen molar-refractivity contribution in [3.05, 3.63) is 59.2 Å². The average molecular weight is 292 g/mol. The first-order chi connectivity index (χ1) is 9.99. The summed E-state index contributed by atoms with van der Waals surface area (Å²) in [4.78, 5) is 10.9. The summed E-state index contributed by atoms with van der Waals surface area (Å²) in [5.41, 5.74) is 2.47. The Hall–Kier alpha value is -2.14. The van der Waals surface area contributed by atoms with Gasteiger partial charge in [-0.05, 0) is 40.5 Å². The molecule has 1 heterocycles. The van der Waals surface area contributed by atoms with Gasteiger partial charge in [-0.2, -0.15) is 13.2 Å². The fourth-order valence-electron chi connectivity index (χ4n) is 2.40. The lowest BCUT2D eigenvalue weighted by Crippen LogP contribution is -2.04. The molecule has 0 radical (unpaired) electrons. The molecule has 108 valence electrons. The molecule has 0 fully saturated rings. The molecule has 0 aromatic heterocycles. The summed E-state index contributed by atoms with van der Waals surface area (Å²) in [5, 5.41) is 0. The van der Waals surface area contributed by atoms with E-state index in [0.29, 0.717) is 12.2 Å². The highest BCUT2D eigenvalue weighted by molar-refractivity contribution is 5.69. The van der Waals surface area contributed by atoms with Crippen LogP contribution < -0.4 is 0 Å². The summed E-state index contributed by atoms with van der Waals surface area (Å²) in [7, 11) is 0. The number of benzene rings is 2. The molecule has 1 aliphatic heterocycles. The first-order valence-corrected chi connectivity index (χ1v) is 6.36. The SMILES string of the molecule is O=CC1OCc2ccc(-c3ccc(C(F)(F)F)cc3)cc21. The number of carbonyl (C=O) groups excluding carboxylic acids is 1. The van der Waals surface area contributed by atoms with Gasteiger partial charge in [0.05, 0.1) is 12.2 Å². The van der Waals surface area contributed by atoms with Crippen LogP contribution in [0.4, 0.5) is 13.2 Å². The number of halogens is 3. The number of alkyl halides is 3. The van der Waals surface area contributed by atoms with E-state index in [4.69, 9.17) is 4.74 Å². The predicted octanol–water partition coefficient (Wildman–Crippen LogP) is 4.14. The Morgan fingerprint density at radius 1 is 1.05 bits per heavy atom. The van der Waals surface area contributed by atoms with Crippen LogP contribution in [0.1, 0.15) is 22.8 Å². The largest absolute Gasteiger partial charge is 0.416 e. The number of hydrogen-bond donors (Lipinski definition) is 0. The summed E-state index contributed by atoms with van der Waals surface area (Å²) >= 11 is 0. The number of rotatable bonds is 2. The summed E-state index contributed by atoms with van der Waals surface area (Å²) in [6, 6.07) is 10.4. The minimum atomic E-state index is -4.34. The molecular formula is C16H11F3O2. The molecule has 1 atom stereocenters. The van der Waals surface area contributed by atoms with Crippen molar-refractivity contribution in [1.29, 1.82) is 0 Å². The van der Waals surface area contributed by atoms with Crippen molar-refractivity contribution >= 4 is 6.29 Å². The third-order valence-corrected chi connectivity index (χ3v) is 3.54. The first kappa shape index (κ1) is 13.8. The van der Waals surface area contributed by atoms with E-state index in [2.05, 4.69) is 0 Å². The molecule has 0 bridgehead atoms. The van der Waals surface area contributed by atoms with Gasteiger partial charge in [0.2, 0.25) is 0 Å². The second kappa shape index (κ2) is 5.00. The van der Waals surface area contributed by atoms with E-state index < -0.39 is 17.8 Å². The molecule has 0 aliphatic carbocycles. The summed E-state index contributed by atoms with van der Waals surface area (Å²) in [6.07, 6.45) is -4.20. The van der Waals surface area contributed by atoms with Crippen molar-refractivity contribution in [2.24, 2.45) is 0 Å². The van der Waals surface area contributed by atoms with Gasteiger partial charge in [0, 0.05) is 0 Å². The number of aldehydes is 1. The maximum absolute atomic E-state index is 12.5. The lowest BCUT2D eigenvalue weighted by atomic mass is 9.97. The molecule has 2 aromatic rings. The quantitative estimate of drug-likeness (QED) is 0.777. The minimum Gasteiger partial charge on any atom is -0.361 e. The van der Waals surface area contributed by atoms with Crippen LogP contribution in [0, 0.1) is 0 Å². The number of carbonyl (C=O) groups is 1. The lowest BCUT2D eigenvalue weighted by Gasteiger charge is -2.09. The third kappa shape index (κ3) is 2.56. The Morgan fingerprint density at radius 2 is 1.71 bits per heavy atom. The lowest BCUT2D eigenvalue weighted by molar-refractivity contribution is -0.137. The van der Waals surface area contributed by atoms with Crippen molar-refractivity contribution in [2.45, 2.75) is 18.9 Å². The van der Waals surface area contributed by atoms with Gasteiger partial charge < -0.3 is 9.53 Å². The van der Waals surface area contributed by atoms with Gasteiger partial charge in [-0.25, -0.2) is 0 Å². The average Bonchev–Trinajstić information content (AvgIpc) is 2.88. The van der Waals surface area contributed by atoms with Gasteiger partial charge in [0.15, 0.2) is 6.29 Å². The van der Waals surface area contributed by atoms with Gasteiger partial charge in [0.25, 0.3) is 0 Å². The highest BCUT2D eigenvalue weighted by Crippen LogP contribution is 2.34. The first-order valence-electron chi connectivity index (χ1n) is 6.36. The standard InChI is InChI=1S/C16H11F3O2/c17-16(18,19)13-5-3-10(4-6-13)11-1-2-12-9-21-15(8-20)14(12)7-11/h1-8,15H,9H2. The molecule has 2 nitrogen and oxygen atoms in total. The van der Waals surface area contributed by atoms with Gasteiger partial charge in [-0.3, -0.25) is 0 Å². The van der Waals surface area contributed by atoms with E-state index >= 15 is 0 Å². The van der Waals surface area contributed by atoms with E-state index in [1.54, 1.807) is 6.07 Å². The molecule has 0 N–H and O–H groups in total. The zero-order valence-corrected chi connectivity index (χ0v) is 10.9. The van der Waals surface area contributed by atoms with Crippen molar-refractivity contribution in [3.63, 3.8) is 0 Å². The Bertz CT molecular complexity index is 675. The van der Waals surface area contributed by atoms with E-state index in [1.165, 1.54) is 12.1 Å². The van der Waals surface area contributed by atoms with Gasteiger partial charge in [-0.15, -0.1) is 0 Å². The van der Waals surface area contributed by atoms with E-state index in [0.717, 1.165) is 35.1 Å². The number of fused-ring (bicyclic) bond motifs is 1.